The maximum Gasteiger partial charge on any atom is 0.317 e. The minimum absolute atomic E-state index is 0.0236. The summed E-state index contributed by atoms with van der Waals surface area (Å²) in [5.74, 6) is 0.196. The zero-order valence-corrected chi connectivity index (χ0v) is 17.4. The van der Waals surface area contributed by atoms with Gasteiger partial charge in [0.1, 0.15) is 0 Å². The van der Waals surface area contributed by atoms with Crippen LogP contribution in [-0.2, 0) is 11.3 Å². The molecule has 2 aliphatic rings. The molecular formula is C22H32N4O3. The number of carbonyl (C=O) groups is 3. The van der Waals surface area contributed by atoms with Gasteiger partial charge in [-0.25, -0.2) is 4.79 Å². The molecule has 7 nitrogen and oxygen atoms in total. The van der Waals surface area contributed by atoms with Crippen molar-refractivity contribution >= 4 is 17.8 Å². The lowest BCUT2D eigenvalue weighted by Crippen LogP contribution is -2.46. The first-order valence-corrected chi connectivity index (χ1v) is 10.7. The van der Waals surface area contributed by atoms with E-state index in [4.69, 9.17) is 0 Å². The van der Waals surface area contributed by atoms with Gasteiger partial charge in [0.25, 0.3) is 5.91 Å². The molecule has 1 aliphatic carbocycles. The van der Waals surface area contributed by atoms with E-state index < -0.39 is 0 Å². The first-order chi connectivity index (χ1) is 14.0. The van der Waals surface area contributed by atoms with E-state index in [2.05, 4.69) is 10.6 Å². The van der Waals surface area contributed by atoms with Gasteiger partial charge in [0.2, 0.25) is 5.91 Å². The first kappa shape index (κ1) is 21.1. The number of benzene rings is 1. The number of piperidine rings is 1. The summed E-state index contributed by atoms with van der Waals surface area (Å²) in [5.41, 5.74) is 1.61. The van der Waals surface area contributed by atoms with E-state index in [9.17, 15) is 14.4 Å². The molecular weight excluding hydrogens is 368 g/mol. The number of hydrogen-bond donors (Lipinski definition) is 2. The second-order valence-electron chi connectivity index (χ2n) is 7.88. The van der Waals surface area contributed by atoms with Crippen LogP contribution in [0.3, 0.4) is 0 Å². The Bertz CT molecular complexity index is 718. The minimum atomic E-state index is -0.102. The quantitative estimate of drug-likeness (QED) is 0.737. The SMILES string of the molecule is CCN(CC)C(=O)c1ccc(CNC(=O)N2CCC(C(=O)NC3CC3)CC2)cc1. The summed E-state index contributed by atoms with van der Waals surface area (Å²) in [7, 11) is 0. The topological polar surface area (TPSA) is 81.8 Å². The van der Waals surface area contributed by atoms with Gasteiger partial charge >= 0.3 is 6.03 Å². The van der Waals surface area contributed by atoms with Crippen LogP contribution in [0, 0.1) is 5.92 Å². The second kappa shape index (κ2) is 9.76. The summed E-state index contributed by atoms with van der Waals surface area (Å²) in [5, 5.41) is 6.00. The molecule has 1 aromatic rings. The number of amides is 4. The van der Waals surface area contributed by atoms with E-state index in [1.165, 1.54) is 0 Å². The van der Waals surface area contributed by atoms with Crippen LogP contribution in [0.2, 0.25) is 0 Å². The molecule has 1 saturated carbocycles. The van der Waals surface area contributed by atoms with Gasteiger partial charge in [-0.05, 0) is 57.2 Å². The highest BCUT2D eigenvalue weighted by Gasteiger charge is 2.31. The van der Waals surface area contributed by atoms with Crippen molar-refractivity contribution in [3.63, 3.8) is 0 Å². The van der Waals surface area contributed by atoms with Crippen molar-refractivity contribution in [1.29, 1.82) is 0 Å². The average molecular weight is 401 g/mol. The Morgan fingerprint density at radius 3 is 2.17 bits per heavy atom. The molecule has 4 amide bonds. The molecule has 3 rings (SSSR count). The number of nitrogens with zero attached hydrogens (tertiary/aromatic N) is 2. The molecule has 1 aliphatic heterocycles. The Kier molecular flexibility index (Phi) is 7.12. The number of rotatable bonds is 7. The van der Waals surface area contributed by atoms with Gasteiger partial charge in [-0.3, -0.25) is 9.59 Å². The lowest BCUT2D eigenvalue weighted by atomic mass is 9.96. The largest absolute Gasteiger partial charge is 0.353 e. The number of nitrogens with one attached hydrogen (secondary N) is 2. The third kappa shape index (κ3) is 5.71. The zero-order valence-electron chi connectivity index (χ0n) is 17.4. The van der Waals surface area contributed by atoms with Crippen LogP contribution >= 0.6 is 0 Å². The normalized spacial score (nSPS) is 17.0. The van der Waals surface area contributed by atoms with Gasteiger partial charge < -0.3 is 20.4 Å². The van der Waals surface area contributed by atoms with Gasteiger partial charge in [-0.1, -0.05) is 12.1 Å². The lowest BCUT2D eigenvalue weighted by molar-refractivity contribution is -0.126. The summed E-state index contributed by atoms with van der Waals surface area (Å²) in [6.45, 7) is 6.93. The molecule has 2 N–H and O–H groups in total. The van der Waals surface area contributed by atoms with Crippen molar-refractivity contribution in [2.75, 3.05) is 26.2 Å². The van der Waals surface area contributed by atoms with Crippen molar-refractivity contribution in [2.45, 2.75) is 52.1 Å². The smallest absolute Gasteiger partial charge is 0.317 e. The van der Waals surface area contributed by atoms with Gasteiger partial charge in [-0.15, -0.1) is 0 Å². The summed E-state index contributed by atoms with van der Waals surface area (Å²) in [6.07, 6.45) is 3.62. The number of urea groups is 1. The first-order valence-electron chi connectivity index (χ1n) is 10.7. The molecule has 2 fully saturated rings. The summed E-state index contributed by atoms with van der Waals surface area (Å²) < 4.78 is 0. The standard InChI is InChI=1S/C22H32N4O3/c1-3-25(4-2)21(28)18-7-5-16(6-8-18)15-23-22(29)26-13-11-17(12-14-26)20(27)24-19-9-10-19/h5-8,17,19H,3-4,9-15H2,1-2H3,(H,23,29)(H,24,27). The highest BCUT2D eigenvalue weighted by Crippen LogP contribution is 2.22. The average Bonchev–Trinajstić information content (AvgIpc) is 3.57. The molecule has 158 valence electrons. The van der Waals surface area contributed by atoms with Gasteiger partial charge in [0, 0.05) is 50.2 Å². The lowest BCUT2D eigenvalue weighted by Gasteiger charge is -2.31. The van der Waals surface area contributed by atoms with E-state index in [1.807, 2.05) is 38.1 Å². The Balaban J connectivity index is 1.42. The molecule has 7 heteroatoms. The number of carbonyl (C=O) groups excluding carboxylic acids is 3. The fourth-order valence-corrected chi connectivity index (χ4v) is 3.64. The Morgan fingerprint density at radius 2 is 1.62 bits per heavy atom. The van der Waals surface area contributed by atoms with Crippen LogP contribution in [0.15, 0.2) is 24.3 Å². The monoisotopic (exact) mass is 400 g/mol. The predicted molar refractivity (Wildman–Crippen MR) is 111 cm³/mol. The molecule has 1 aromatic carbocycles. The Morgan fingerprint density at radius 1 is 1.00 bits per heavy atom. The van der Waals surface area contributed by atoms with Crippen molar-refractivity contribution in [3.05, 3.63) is 35.4 Å². The Labute approximate surface area is 172 Å². The van der Waals surface area contributed by atoms with Crippen molar-refractivity contribution in [3.8, 4) is 0 Å². The van der Waals surface area contributed by atoms with Crippen LogP contribution in [0.5, 0.6) is 0 Å². The predicted octanol–water partition coefficient (Wildman–Crippen LogP) is 2.37. The summed E-state index contributed by atoms with van der Waals surface area (Å²) in [4.78, 5) is 40.5. The Hall–Kier alpha value is -2.57. The van der Waals surface area contributed by atoms with Crippen LogP contribution in [-0.4, -0.2) is 59.9 Å². The van der Waals surface area contributed by atoms with Crippen molar-refractivity contribution in [2.24, 2.45) is 5.92 Å². The maximum atomic E-state index is 12.4. The highest BCUT2D eigenvalue weighted by atomic mass is 16.2. The second-order valence-corrected chi connectivity index (χ2v) is 7.88. The van der Waals surface area contributed by atoms with E-state index in [0.717, 1.165) is 18.4 Å². The minimum Gasteiger partial charge on any atom is -0.353 e. The van der Waals surface area contributed by atoms with E-state index in [1.54, 1.807) is 9.80 Å². The van der Waals surface area contributed by atoms with E-state index in [-0.39, 0.29) is 23.8 Å². The van der Waals surface area contributed by atoms with Gasteiger partial charge in [0.15, 0.2) is 0 Å². The molecule has 0 unspecified atom stereocenters. The van der Waals surface area contributed by atoms with Crippen molar-refractivity contribution in [1.82, 2.24) is 20.4 Å². The number of hydrogen-bond acceptors (Lipinski definition) is 3. The maximum absolute atomic E-state index is 12.4. The zero-order chi connectivity index (χ0) is 20.8. The van der Waals surface area contributed by atoms with Crippen molar-refractivity contribution < 1.29 is 14.4 Å². The fraction of sp³-hybridized carbons (Fsp3) is 0.591. The van der Waals surface area contributed by atoms with Crippen LogP contribution < -0.4 is 10.6 Å². The van der Waals surface area contributed by atoms with E-state index >= 15 is 0 Å². The van der Waals surface area contributed by atoms with Crippen LogP contribution in [0.4, 0.5) is 4.79 Å². The van der Waals surface area contributed by atoms with E-state index in [0.29, 0.717) is 57.2 Å². The van der Waals surface area contributed by atoms with Gasteiger partial charge in [0.05, 0.1) is 0 Å². The van der Waals surface area contributed by atoms with Crippen LogP contribution in [0.1, 0.15) is 55.5 Å². The third-order valence-electron chi connectivity index (χ3n) is 5.77. The van der Waals surface area contributed by atoms with Crippen LogP contribution in [0.25, 0.3) is 0 Å². The highest BCUT2D eigenvalue weighted by molar-refractivity contribution is 5.94. The molecule has 1 heterocycles. The molecule has 0 atom stereocenters. The molecule has 29 heavy (non-hydrogen) atoms. The summed E-state index contributed by atoms with van der Waals surface area (Å²) in [6, 6.07) is 7.67. The fourth-order valence-electron chi connectivity index (χ4n) is 3.64. The molecule has 0 spiro atoms. The van der Waals surface area contributed by atoms with Gasteiger partial charge in [-0.2, -0.15) is 0 Å². The molecule has 1 saturated heterocycles. The third-order valence-corrected chi connectivity index (χ3v) is 5.77. The number of likely N-dealkylation sites (tertiary alicyclic amines) is 1. The molecule has 0 radical (unpaired) electrons. The molecule has 0 aromatic heterocycles. The molecule has 0 bridgehead atoms. The summed E-state index contributed by atoms with van der Waals surface area (Å²) >= 11 is 0.